The molecule has 0 spiro atoms. The summed E-state index contributed by atoms with van der Waals surface area (Å²) in [6.07, 6.45) is 1.30. The van der Waals surface area contributed by atoms with Crippen molar-refractivity contribution in [3.63, 3.8) is 0 Å². The van der Waals surface area contributed by atoms with Gasteiger partial charge >= 0.3 is 0 Å². The van der Waals surface area contributed by atoms with E-state index in [0.717, 1.165) is 5.56 Å². The monoisotopic (exact) mass is 523 g/mol. The molecule has 10 nitrogen and oxygen atoms in total. The molecule has 11 heteroatoms. The first-order valence-electron chi connectivity index (χ1n) is 11.9. The van der Waals surface area contributed by atoms with E-state index in [1.165, 1.54) is 10.6 Å². The van der Waals surface area contributed by atoms with E-state index in [0.29, 0.717) is 37.6 Å². The zero-order valence-corrected chi connectivity index (χ0v) is 20.7. The second kappa shape index (κ2) is 10.7. The van der Waals surface area contributed by atoms with E-state index < -0.39 is 11.3 Å². The van der Waals surface area contributed by atoms with E-state index in [1.807, 2.05) is 30.3 Å². The van der Waals surface area contributed by atoms with Crippen LogP contribution in [0.5, 0.6) is 5.75 Å². The van der Waals surface area contributed by atoms with Crippen LogP contribution in [0.4, 0.5) is 0 Å². The molecule has 0 bridgehead atoms. The summed E-state index contributed by atoms with van der Waals surface area (Å²) in [6, 6.07) is 15.7. The topological polar surface area (TPSA) is 131 Å². The van der Waals surface area contributed by atoms with Gasteiger partial charge in [-0.1, -0.05) is 48.0 Å². The number of hydrogen-bond donors (Lipinski definition) is 3. The number of nitrogens with one attached hydrogen (secondary N) is 2. The Bertz CT molecular complexity index is 1460. The van der Waals surface area contributed by atoms with Gasteiger partial charge in [0.1, 0.15) is 12.4 Å². The lowest BCUT2D eigenvalue weighted by molar-refractivity contribution is -0.0146. The third-order valence-electron chi connectivity index (χ3n) is 6.52. The zero-order chi connectivity index (χ0) is 25.8. The number of benzene rings is 2. The first-order valence-corrected chi connectivity index (χ1v) is 12.3. The number of ether oxygens (including phenoxy) is 2. The Labute approximate surface area is 217 Å². The van der Waals surface area contributed by atoms with Crippen LogP contribution >= 0.6 is 11.6 Å². The van der Waals surface area contributed by atoms with E-state index in [4.69, 9.17) is 21.1 Å². The molecule has 0 radical (unpaired) electrons. The highest BCUT2D eigenvalue weighted by atomic mass is 35.5. The third kappa shape index (κ3) is 5.36. The summed E-state index contributed by atoms with van der Waals surface area (Å²) < 4.78 is 12.6. The number of rotatable bonds is 8. The van der Waals surface area contributed by atoms with E-state index in [9.17, 15) is 14.7 Å². The highest BCUT2D eigenvalue weighted by Gasteiger charge is 2.33. The number of amides is 1. The quantitative estimate of drug-likeness (QED) is 0.323. The Kier molecular flexibility index (Phi) is 7.22. The Morgan fingerprint density at radius 1 is 1.16 bits per heavy atom. The van der Waals surface area contributed by atoms with Gasteiger partial charge in [-0.15, -0.1) is 0 Å². The number of carbonyl (C=O) groups excluding carboxylic acids is 1. The molecule has 37 heavy (non-hydrogen) atoms. The van der Waals surface area contributed by atoms with Gasteiger partial charge in [0.2, 0.25) is 0 Å². The Morgan fingerprint density at radius 3 is 2.70 bits per heavy atom. The lowest BCUT2D eigenvalue weighted by atomic mass is 9.81. The smallest absolute Gasteiger partial charge is 0.274 e. The number of halogens is 1. The van der Waals surface area contributed by atoms with Gasteiger partial charge in [0.25, 0.3) is 17.2 Å². The number of fused-ring (bicyclic) bond motifs is 1. The number of nitrogens with zero attached hydrogens (tertiary/aromatic N) is 3. The minimum Gasteiger partial charge on any atom is -0.486 e. The molecule has 3 N–H and O–H groups in total. The van der Waals surface area contributed by atoms with Gasteiger partial charge in [-0.05, 0) is 25.0 Å². The maximum absolute atomic E-state index is 13.1. The molecule has 0 saturated carbocycles. The maximum atomic E-state index is 13.1. The Balaban J connectivity index is 1.33. The summed E-state index contributed by atoms with van der Waals surface area (Å²) >= 11 is 6.37. The molecule has 2 aromatic carbocycles. The lowest BCUT2D eigenvalue weighted by Crippen LogP contribution is -2.43. The summed E-state index contributed by atoms with van der Waals surface area (Å²) in [5.41, 5.74) is 0.577. The van der Waals surface area contributed by atoms with Crippen molar-refractivity contribution in [3.8, 4) is 17.1 Å². The van der Waals surface area contributed by atoms with Gasteiger partial charge in [0.15, 0.2) is 5.82 Å². The lowest BCUT2D eigenvalue weighted by Gasteiger charge is -2.35. The maximum Gasteiger partial charge on any atom is 0.274 e. The molecular formula is C26H26ClN5O5. The Morgan fingerprint density at radius 2 is 1.95 bits per heavy atom. The second-order valence-electron chi connectivity index (χ2n) is 9.01. The highest BCUT2D eigenvalue weighted by molar-refractivity contribution is 6.34. The van der Waals surface area contributed by atoms with Crippen LogP contribution in [0.1, 0.15) is 28.9 Å². The van der Waals surface area contributed by atoms with Gasteiger partial charge in [0.05, 0.1) is 22.9 Å². The van der Waals surface area contributed by atoms with Crippen molar-refractivity contribution in [1.82, 2.24) is 24.9 Å². The van der Waals surface area contributed by atoms with Gasteiger partial charge in [-0.3, -0.25) is 14.7 Å². The van der Waals surface area contributed by atoms with Crippen molar-refractivity contribution < 1.29 is 19.4 Å². The number of hydrogen-bond acceptors (Lipinski definition) is 7. The predicted octanol–water partition coefficient (Wildman–Crippen LogP) is 2.84. The number of aliphatic hydroxyl groups excluding tert-OH is 1. The van der Waals surface area contributed by atoms with Gasteiger partial charge in [-0.2, -0.15) is 9.50 Å². The first-order chi connectivity index (χ1) is 18.0. The molecular weight excluding hydrogens is 498 g/mol. The van der Waals surface area contributed by atoms with Crippen LogP contribution < -0.4 is 15.6 Å². The largest absolute Gasteiger partial charge is 0.486 e. The molecule has 1 saturated heterocycles. The summed E-state index contributed by atoms with van der Waals surface area (Å²) in [4.78, 5) is 34.6. The molecule has 3 heterocycles. The normalized spacial score (nSPS) is 15.0. The van der Waals surface area contributed by atoms with Crippen LogP contribution in [0.15, 0.2) is 59.4 Å². The molecule has 2 aromatic heterocycles. The zero-order valence-electron chi connectivity index (χ0n) is 19.9. The van der Waals surface area contributed by atoms with Crippen molar-refractivity contribution in [2.45, 2.75) is 19.4 Å². The highest BCUT2D eigenvalue weighted by Crippen LogP contribution is 2.31. The predicted molar refractivity (Wildman–Crippen MR) is 137 cm³/mol. The van der Waals surface area contributed by atoms with Crippen molar-refractivity contribution in [1.29, 1.82) is 0 Å². The van der Waals surface area contributed by atoms with Gasteiger partial charge < -0.3 is 19.9 Å². The molecule has 1 amide bonds. The van der Waals surface area contributed by atoms with E-state index in [2.05, 4.69) is 20.4 Å². The molecule has 1 fully saturated rings. The second-order valence-corrected chi connectivity index (χ2v) is 9.42. The number of aromatic amines is 1. The van der Waals surface area contributed by atoms with Crippen LogP contribution in [0.3, 0.4) is 0 Å². The first kappa shape index (κ1) is 24.9. The summed E-state index contributed by atoms with van der Waals surface area (Å²) in [6.45, 7) is 1.24. The summed E-state index contributed by atoms with van der Waals surface area (Å²) in [7, 11) is 0. The van der Waals surface area contributed by atoms with E-state index in [-0.39, 0.29) is 47.4 Å². The van der Waals surface area contributed by atoms with Gasteiger partial charge in [0, 0.05) is 36.8 Å². The fraction of sp³-hybridized carbons (Fsp3) is 0.308. The van der Waals surface area contributed by atoms with E-state index >= 15 is 0 Å². The van der Waals surface area contributed by atoms with Crippen LogP contribution in [0, 0.1) is 5.41 Å². The molecule has 1 aliphatic rings. The van der Waals surface area contributed by atoms with E-state index in [1.54, 1.807) is 18.2 Å². The third-order valence-corrected chi connectivity index (χ3v) is 6.84. The average molecular weight is 524 g/mol. The Hall–Kier alpha value is -3.73. The minimum atomic E-state index is -0.431. The summed E-state index contributed by atoms with van der Waals surface area (Å²) in [5, 5.41) is 16.0. The number of carbonyl (C=O) groups is 1. The van der Waals surface area contributed by atoms with Crippen molar-refractivity contribution in [2.24, 2.45) is 5.41 Å². The summed E-state index contributed by atoms with van der Waals surface area (Å²) in [5.74, 6) is 0.564. The fourth-order valence-electron chi connectivity index (χ4n) is 4.27. The fourth-order valence-corrected chi connectivity index (χ4v) is 4.53. The van der Waals surface area contributed by atoms with Crippen LogP contribution in [-0.4, -0.2) is 57.0 Å². The van der Waals surface area contributed by atoms with Crippen LogP contribution in [0.25, 0.3) is 17.2 Å². The van der Waals surface area contributed by atoms with Crippen LogP contribution in [-0.2, 0) is 11.3 Å². The molecule has 192 valence electrons. The minimum absolute atomic E-state index is 0.0502. The molecule has 0 unspecified atom stereocenters. The SMILES string of the molecule is O=C(NCC1(CO)CCOCC1)c1c(Cl)cccc1OCc1cc(=O)n2[nH]c(-c3ccccc3)nc2n1. The number of aromatic nitrogens is 4. The average Bonchev–Trinajstić information content (AvgIpc) is 3.37. The number of H-pyrrole nitrogens is 1. The van der Waals surface area contributed by atoms with Crippen molar-refractivity contribution in [2.75, 3.05) is 26.4 Å². The van der Waals surface area contributed by atoms with Crippen LogP contribution in [0.2, 0.25) is 5.02 Å². The standard InChI is InChI=1S/C26H26ClN5O5/c27-19-7-4-8-20(22(19)24(35)28-15-26(16-33)9-11-36-12-10-26)37-14-18-13-21(34)32-25(29-18)30-23(31-32)17-5-2-1-3-6-17/h1-8,13,33H,9-12,14-16H2,(H,28,35)(H,29,30,31). The van der Waals surface area contributed by atoms with Gasteiger partial charge in [-0.25, -0.2) is 4.98 Å². The van der Waals surface area contributed by atoms with Crippen molar-refractivity contribution in [3.05, 3.63) is 81.2 Å². The van der Waals surface area contributed by atoms with Crippen molar-refractivity contribution >= 4 is 23.3 Å². The number of aliphatic hydroxyl groups is 1. The molecule has 0 aliphatic carbocycles. The molecule has 4 aromatic rings. The molecule has 1 aliphatic heterocycles. The molecule has 0 atom stereocenters. The molecule has 5 rings (SSSR count).